The number of hydrogen-bond donors (Lipinski definition) is 1. The molecule has 1 N–H and O–H groups in total. The Morgan fingerprint density at radius 1 is 1.07 bits per heavy atom. The van der Waals surface area contributed by atoms with Crippen molar-refractivity contribution in [2.75, 3.05) is 18.4 Å². The number of nitrogens with one attached hydrogen (secondary N) is 1. The topological polar surface area (TPSA) is 96.8 Å². The van der Waals surface area contributed by atoms with E-state index >= 15 is 0 Å². The molecule has 3 aromatic heterocycles. The second-order valence-corrected chi connectivity index (χ2v) is 7.66. The Balaban J connectivity index is 1.56. The summed E-state index contributed by atoms with van der Waals surface area (Å²) in [5, 5.41) is 3.29. The van der Waals surface area contributed by atoms with Gasteiger partial charge in [-0.1, -0.05) is 6.07 Å². The fraction of sp³-hybridized carbons (Fsp3) is 0.364. The second-order valence-electron chi connectivity index (χ2n) is 7.66. The van der Waals surface area contributed by atoms with Crippen LogP contribution in [0.3, 0.4) is 0 Å². The minimum absolute atomic E-state index is 0.0728. The fourth-order valence-electron chi connectivity index (χ4n) is 3.68. The van der Waals surface area contributed by atoms with E-state index in [1.54, 1.807) is 18.6 Å². The van der Waals surface area contributed by atoms with Crippen molar-refractivity contribution < 1.29 is 4.79 Å². The van der Waals surface area contributed by atoms with Gasteiger partial charge in [-0.3, -0.25) is 14.8 Å². The highest BCUT2D eigenvalue weighted by molar-refractivity contribution is 5.92. The second kappa shape index (κ2) is 8.94. The van der Waals surface area contributed by atoms with Crippen LogP contribution < -0.4 is 5.32 Å². The molecule has 0 aromatic carbocycles. The zero-order chi connectivity index (χ0) is 20.9. The molecule has 0 atom stereocenters. The van der Waals surface area contributed by atoms with Gasteiger partial charge in [0.05, 0.1) is 17.6 Å². The summed E-state index contributed by atoms with van der Waals surface area (Å²) in [5.41, 5.74) is 3.18. The number of rotatable bonds is 5. The number of carbonyl (C=O) groups excluding carboxylic acids is 1. The molecule has 0 spiro atoms. The van der Waals surface area contributed by atoms with E-state index in [4.69, 9.17) is 4.98 Å². The van der Waals surface area contributed by atoms with Gasteiger partial charge in [-0.05, 0) is 38.8 Å². The van der Waals surface area contributed by atoms with E-state index in [1.165, 1.54) is 6.20 Å². The zero-order valence-electron chi connectivity index (χ0n) is 17.2. The molecule has 154 valence electrons. The Morgan fingerprint density at radius 3 is 2.57 bits per heavy atom. The molecular weight excluding hydrogens is 378 g/mol. The molecule has 1 amide bonds. The van der Waals surface area contributed by atoms with E-state index < -0.39 is 0 Å². The average Bonchev–Trinajstić information content (AvgIpc) is 2.79. The number of nitrogens with zero attached hydrogens (tertiary/aromatic N) is 6. The maximum Gasteiger partial charge on any atom is 0.274 e. The summed E-state index contributed by atoms with van der Waals surface area (Å²) in [6, 6.07) is 6.08. The van der Waals surface area contributed by atoms with Crippen molar-refractivity contribution in [1.29, 1.82) is 0 Å². The maximum absolute atomic E-state index is 12.7. The summed E-state index contributed by atoms with van der Waals surface area (Å²) < 4.78 is 0. The molecule has 3 aromatic rings. The number of carbonyl (C=O) groups is 1. The summed E-state index contributed by atoms with van der Waals surface area (Å²) >= 11 is 0. The Labute approximate surface area is 175 Å². The summed E-state index contributed by atoms with van der Waals surface area (Å²) in [5.74, 6) is 0.776. The van der Waals surface area contributed by atoms with E-state index in [-0.39, 0.29) is 17.9 Å². The van der Waals surface area contributed by atoms with Crippen LogP contribution in [0.2, 0.25) is 0 Å². The summed E-state index contributed by atoms with van der Waals surface area (Å²) in [4.78, 5) is 36.5. The van der Waals surface area contributed by atoms with Gasteiger partial charge in [0.25, 0.3) is 5.91 Å². The molecule has 8 nitrogen and oxygen atoms in total. The van der Waals surface area contributed by atoms with Crippen LogP contribution >= 0.6 is 0 Å². The molecule has 8 heteroatoms. The molecule has 4 rings (SSSR count). The van der Waals surface area contributed by atoms with Gasteiger partial charge >= 0.3 is 0 Å². The number of likely N-dealkylation sites (tertiary alicyclic amines) is 1. The van der Waals surface area contributed by atoms with Crippen LogP contribution in [0, 0.1) is 0 Å². The van der Waals surface area contributed by atoms with Gasteiger partial charge in [0.15, 0.2) is 0 Å². The third-order valence-corrected chi connectivity index (χ3v) is 5.13. The first kappa shape index (κ1) is 19.9. The number of anilines is 1. The van der Waals surface area contributed by atoms with E-state index in [0.717, 1.165) is 29.8 Å². The molecule has 0 radical (unpaired) electrons. The third-order valence-electron chi connectivity index (χ3n) is 5.13. The number of amides is 1. The molecular formula is C22H25N7O. The Kier molecular flexibility index (Phi) is 5.92. The lowest BCUT2D eigenvalue weighted by atomic mass is 9.90. The first-order valence-electron chi connectivity index (χ1n) is 10.2. The predicted molar refractivity (Wildman–Crippen MR) is 114 cm³/mol. The van der Waals surface area contributed by atoms with Crippen molar-refractivity contribution in [1.82, 2.24) is 29.8 Å². The molecule has 1 saturated heterocycles. The molecule has 30 heavy (non-hydrogen) atoms. The lowest BCUT2D eigenvalue weighted by Gasteiger charge is -2.32. The first-order chi connectivity index (χ1) is 14.6. The van der Waals surface area contributed by atoms with Crippen LogP contribution in [0.5, 0.6) is 0 Å². The minimum Gasteiger partial charge on any atom is -0.352 e. The van der Waals surface area contributed by atoms with Crippen LogP contribution in [0.25, 0.3) is 11.3 Å². The minimum atomic E-state index is -0.0728. The van der Waals surface area contributed by atoms with E-state index in [9.17, 15) is 4.79 Å². The number of piperidine rings is 1. The predicted octanol–water partition coefficient (Wildman–Crippen LogP) is 3.17. The smallest absolute Gasteiger partial charge is 0.274 e. The highest BCUT2D eigenvalue weighted by Crippen LogP contribution is 2.34. The molecule has 1 aliphatic heterocycles. The molecule has 0 bridgehead atoms. The van der Waals surface area contributed by atoms with Crippen molar-refractivity contribution in [2.45, 2.75) is 38.6 Å². The summed E-state index contributed by atoms with van der Waals surface area (Å²) in [6.07, 6.45) is 9.91. The monoisotopic (exact) mass is 403 g/mol. The first-order valence-corrected chi connectivity index (χ1v) is 10.2. The lowest BCUT2D eigenvalue weighted by Crippen LogP contribution is -2.38. The Bertz CT molecular complexity index is 987. The Morgan fingerprint density at radius 2 is 1.90 bits per heavy atom. The standard InChI is InChI=1S/C22H25N7O/c1-15(2)27-22-26-13-17(18-5-3-4-8-24-18)20(28-22)16-6-11-29(12-7-16)21(30)19-14-23-9-10-25-19/h3-5,8-10,13-16H,6-7,11-12H2,1-2H3,(H,26,27,28). The highest BCUT2D eigenvalue weighted by Gasteiger charge is 2.28. The van der Waals surface area contributed by atoms with Crippen LogP contribution in [0.4, 0.5) is 5.95 Å². The third kappa shape index (κ3) is 4.42. The van der Waals surface area contributed by atoms with Crippen molar-refractivity contribution in [3.63, 3.8) is 0 Å². The lowest BCUT2D eigenvalue weighted by molar-refractivity contribution is 0.0705. The number of aromatic nitrogens is 5. The quantitative estimate of drug-likeness (QED) is 0.699. The van der Waals surface area contributed by atoms with Crippen molar-refractivity contribution in [3.05, 3.63) is 60.6 Å². The normalized spacial score (nSPS) is 14.7. The molecule has 0 unspecified atom stereocenters. The molecule has 1 aliphatic rings. The van der Waals surface area contributed by atoms with E-state index in [0.29, 0.717) is 24.7 Å². The number of pyridine rings is 1. The number of hydrogen-bond acceptors (Lipinski definition) is 7. The summed E-state index contributed by atoms with van der Waals surface area (Å²) in [7, 11) is 0. The van der Waals surface area contributed by atoms with Crippen molar-refractivity contribution in [3.8, 4) is 11.3 Å². The molecule has 0 saturated carbocycles. The molecule has 0 aliphatic carbocycles. The molecule has 4 heterocycles. The van der Waals surface area contributed by atoms with Gasteiger partial charge in [-0.2, -0.15) is 0 Å². The van der Waals surface area contributed by atoms with Gasteiger partial charge in [0, 0.05) is 55.4 Å². The van der Waals surface area contributed by atoms with Gasteiger partial charge in [0.2, 0.25) is 5.95 Å². The van der Waals surface area contributed by atoms with Gasteiger partial charge in [0.1, 0.15) is 5.69 Å². The van der Waals surface area contributed by atoms with Crippen molar-refractivity contribution in [2.24, 2.45) is 0 Å². The van der Waals surface area contributed by atoms with Gasteiger partial charge in [-0.15, -0.1) is 0 Å². The van der Waals surface area contributed by atoms with Crippen LogP contribution in [0.1, 0.15) is 48.8 Å². The molecule has 1 fully saturated rings. The van der Waals surface area contributed by atoms with Crippen LogP contribution in [-0.4, -0.2) is 54.9 Å². The van der Waals surface area contributed by atoms with Gasteiger partial charge in [-0.25, -0.2) is 15.0 Å². The fourth-order valence-corrected chi connectivity index (χ4v) is 3.68. The largest absolute Gasteiger partial charge is 0.352 e. The summed E-state index contributed by atoms with van der Waals surface area (Å²) in [6.45, 7) is 5.43. The maximum atomic E-state index is 12.7. The van der Waals surface area contributed by atoms with Crippen LogP contribution in [-0.2, 0) is 0 Å². The van der Waals surface area contributed by atoms with Crippen molar-refractivity contribution >= 4 is 11.9 Å². The van der Waals surface area contributed by atoms with E-state index in [1.807, 2.05) is 29.3 Å². The highest BCUT2D eigenvalue weighted by atomic mass is 16.2. The van der Waals surface area contributed by atoms with Crippen LogP contribution in [0.15, 0.2) is 49.2 Å². The van der Waals surface area contributed by atoms with E-state index in [2.05, 4.69) is 39.1 Å². The average molecular weight is 403 g/mol. The SMILES string of the molecule is CC(C)Nc1ncc(-c2ccccn2)c(C2CCN(C(=O)c3cnccn3)CC2)n1. The Hall–Kier alpha value is -3.42. The zero-order valence-corrected chi connectivity index (χ0v) is 17.2. The van der Waals surface area contributed by atoms with Gasteiger partial charge < -0.3 is 10.2 Å².